The van der Waals surface area contributed by atoms with E-state index in [2.05, 4.69) is 46.2 Å². The second-order valence-electron chi connectivity index (χ2n) is 6.06. The summed E-state index contributed by atoms with van der Waals surface area (Å²) in [6.07, 6.45) is 5.09. The third-order valence-electron chi connectivity index (χ3n) is 4.44. The molecule has 24 heavy (non-hydrogen) atoms. The summed E-state index contributed by atoms with van der Waals surface area (Å²) in [5, 5.41) is 4.20. The Hall–Kier alpha value is -2.89. The molecule has 0 unspecified atom stereocenters. The maximum atomic E-state index is 12.8. The Kier molecular flexibility index (Phi) is 3.65. The molecule has 2 aromatic heterocycles. The molecule has 4 rings (SSSR count). The summed E-state index contributed by atoms with van der Waals surface area (Å²) in [7, 11) is 0. The fourth-order valence-electron chi connectivity index (χ4n) is 3.14. The van der Waals surface area contributed by atoms with Gasteiger partial charge in [0.05, 0.1) is 6.20 Å². The van der Waals surface area contributed by atoms with Gasteiger partial charge in [-0.05, 0) is 30.7 Å². The Labute approximate surface area is 140 Å². The lowest BCUT2D eigenvalue weighted by Gasteiger charge is -2.36. The molecule has 6 heteroatoms. The van der Waals surface area contributed by atoms with Crippen molar-refractivity contribution in [3.8, 4) is 0 Å². The Morgan fingerprint density at radius 3 is 2.75 bits per heavy atom. The summed E-state index contributed by atoms with van der Waals surface area (Å²) in [6.45, 7) is 5.18. The van der Waals surface area contributed by atoms with Gasteiger partial charge in [0.25, 0.3) is 5.91 Å². The number of amides is 1. The molecular formula is C18H19N5O. The van der Waals surface area contributed by atoms with E-state index in [9.17, 15) is 4.79 Å². The van der Waals surface area contributed by atoms with Crippen molar-refractivity contribution in [3.05, 3.63) is 60.0 Å². The van der Waals surface area contributed by atoms with Gasteiger partial charge in [-0.25, -0.2) is 9.50 Å². The zero-order valence-corrected chi connectivity index (χ0v) is 13.6. The lowest BCUT2D eigenvalue weighted by atomic mass is 10.2. The number of aryl methyl sites for hydroxylation is 1. The van der Waals surface area contributed by atoms with Crippen molar-refractivity contribution < 1.29 is 4.79 Å². The number of fused-ring (bicyclic) bond motifs is 1. The SMILES string of the molecule is Cc1cccc(N2CCN(C(=O)c3cnn4cccnc34)CC2)c1. The molecule has 0 aliphatic carbocycles. The summed E-state index contributed by atoms with van der Waals surface area (Å²) < 4.78 is 1.64. The average Bonchev–Trinajstić information content (AvgIpc) is 3.05. The first-order chi connectivity index (χ1) is 11.7. The summed E-state index contributed by atoms with van der Waals surface area (Å²) in [5.74, 6) is 0.00703. The smallest absolute Gasteiger partial charge is 0.259 e. The average molecular weight is 321 g/mol. The number of carbonyl (C=O) groups excluding carboxylic acids is 1. The first-order valence-corrected chi connectivity index (χ1v) is 8.11. The number of hydrogen-bond acceptors (Lipinski definition) is 4. The molecule has 1 saturated heterocycles. The minimum atomic E-state index is 0.00703. The second kappa shape index (κ2) is 5.96. The minimum absolute atomic E-state index is 0.00703. The van der Waals surface area contributed by atoms with Gasteiger partial charge in [-0.2, -0.15) is 5.10 Å². The molecule has 0 atom stereocenters. The standard InChI is InChI=1S/C18H19N5O/c1-14-4-2-5-15(12-14)21-8-10-22(11-9-21)18(24)16-13-20-23-7-3-6-19-17(16)23/h2-7,12-13H,8-11H2,1H3. The van der Waals surface area contributed by atoms with E-state index in [-0.39, 0.29) is 5.91 Å². The van der Waals surface area contributed by atoms with Gasteiger partial charge in [-0.3, -0.25) is 4.79 Å². The number of piperazine rings is 1. The lowest BCUT2D eigenvalue weighted by molar-refractivity contribution is 0.0748. The van der Waals surface area contributed by atoms with Crippen molar-refractivity contribution in [3.63, 3.8) is 0 Å². The highest BCUT2D eigenvalue weighted by atomic mass is 16.2. The van der Waals surface area contributed by atoms with Gasteiger partial charge in [0.2, 0.25) is 0 Å². The monoisotopic (exact) mass is 321 g/mol. The topological polar surface area (TPSA) is 53.7 Å². The van der Waals surface area contributed by atoms with E-state index in [1.807, 2.05) is 4.90 Å². The number of anilines is 1. The van der Waals surface area contributed by atoms with Gasteiger partial charge in [0.1, 0.15) is 5.56 Å². The normalized spacial score (nSPS) is 15.0. The number of nitrogens with zero attached hydrogens (tertiary/aromatic N) is 5. The summed E-state index contributed by atoms with van der Waals surface area (Å²) in [5.41, 5.74) is 3.66. The van der Waals surface area contributed by atoms with Crippen LogP contribution in [-0.2, 0) is 0 Å². The zero-order chi connectivity index (χ0) is 16.5. The van der Waals surface area contributed by atoms with Crippen LogP contribution in [0.1, 0.15) is 15.9 Å². The Morgan fingerprint density at radius 2 is 1.96 bits per heavy atom. The lowest BCUT2D eigenvalue weighted by Crippen LogP contribution is -2.48. The number of hydrogen-bond donors (Lipinski definition) is 0. The molecule has 0 N–H and O–H groups in total. The molecule has 1 aliphatic rings. The quantitative estimate of drug-likeness (QED) is 0.724. The molecule has 0 saturated carbocycles. The molecule has 1 aliphatic heterocycles. The van der Waals surface area contributed by atoms with Gasteiger partial charge in [0, 0.05) is 44.3 Å². The molecule has 1 aromatic carbocycles. The molecule has 0 bridgehead atoms. The Bertz CT molecular complexity index is 880. The maximum Gasteiger partial charge on any atom is 0.259 e. The van der Waals surface area contributed by atoms with Gasteiger partial charge in [-0.15, -0.1) is 0 Å². The highest BCUT2D eigenvalue weighted by molar-refractivity contribution is 5.99. The fraction of sp³-hybridized carbons (Fsp3) is 0.278. The van der Waals surface area contributed by atoms with E-state index in [4.69, 9.17) is 0 Å². The molecule has 6 nitrogen and oxygen atoms in total. The molecule has 1 fully saturated rings. The van der Waals surface area contributed by atoms with E-state index < -0.39 is 0 Å². The first kappa shape index (κ1) is 14.7. The zero-order valence-electron chi connectivity index (χ0n) is 13.6. The van der Waals surface area contributed by atoms with Crippen LogP contribution in [0, 0.1) is 6.92 Å². The van der Waals surface area contributed by atoms with E-state index in [1.54, 1.807) is 29.2 Å². The summed E-state index contributed by atoms with van der Waals surface area (Å²) >= 11 is 0. The van der Waals surface area contributed by atoms with Crippen molar-refractivity contribution in [2.75, 3.05) is 31.1 Å². The van der Waals surface area contributed by atoms with Crippen LogP contribution in [0.5, 0.6) is 0 Å². The van der Waals surface area contributed by atoms with Crippen LogP contribution in [0.4, 0.5) is 5.69 Å². The molecular weight excluding hydrogens is 302 g/mol. The molecule has 0 radical (unpaired) electrons. The highest BCUT2D eigenvalue weighted by Crippen LogP contribution is 2.19. The van der Waals surface area contributed by atoms with Crippen molar-refractivity contribution in [2.24, 2.45) is 0 Å². The van der Waals surface area contributed by atoms with Crippen LogP contribution in [0.2, 0.25) is 0 Å². The molecule has 3 heterocycles. The second-order valence-corrected chi connectivity index (χ2v) is 6.06. The predicted molar refractivity (Wildman–Crippen MR) is 92.3 cm³/mol. The van der Waals surface area contributed by atoms with Gasteiger partial charge in [0.15, 0.2) is 5.65 Å². The maximum absolute atomic E-state index is 12.8. The van der Waals surface area contributed by atoms with E-state index >= 15 is 0 Å². The van der Waals surface area contributed by atoms with E-state index in [0.29, 0.717) is 24.3 Å². The highest BCUT2D eigenvalue weighted by Gasteiger charge is 2.25. The Balaban J connectivity index is 1.48. The van der Waals surface area contributed by atoms with Gasteiger partial charge >= 0.3 is 0 Å². The number of carbonyl (C=O) groups is 1. The summed E-state index contributed by atoms with van der Waals surface area (Å²) in [4.78, 5) is 21.3. The van der Waals surface area contributed by atoms with Crippen LogP contribution in [0.15, 0.2) is 48.9 Å². The molecule has 0 spiro atoms. The van der Waals surface area contributed by atoms with Gasteiger partial charge in [-0.1, -0.05) is 12.1 Å². The van der Waals surface area contributed by atoms with E-state index in [1.165, 1.54) is 11.3 Å². The Morgan fingerprint density at radius 1 is 1.12 bits per heavy atom. The third kappa shape index (κ3) is 2.60. The van der Waals surface area contributed by atoms with Crippen LogP contribution < -0.4 is 4.90 Å². The number of aromatic nitrogens is 3. The third-order valence-corrected chi connectivity index (χ3v) is 4.44. The van der Waals surface area contributed by atoms with Crippen molar-refractivity contribution in [1.29, 1.82) is 0 Å². The fourth-order valence-corrected chi connectivity index (χ4v) is 3.14. The van der Waals surface area contributed by atoms with Gasteiger partial charge < -0.3 is 9.80 Å². The van der Waals surface area contributed by atoms with Crippen molar-refractivity contribution in [1.82, 2.24) is 19.5 Å². The summed E-state index contributed by atoms with van der Waals surface area (Å²) in [6, 6.07) is 10.3. The first-order valence-electron chi connectivity index (χ1n) is 8.11. The molecule has 122 valence electrons. The van der Waals surface area contributed by atoms with Crippen LogP contribution in [0.25, 0.3) is 5.65 Å². The number of rotatable bonds is 2. The largest absolute Gasteiger partial charge is 0.368 e. The molecule has 3 aromatic rings. The number of benzene rings is 1. The molecule has 1 amide bonds. The van der Waals surface area contributed by atoms with Crippen molar-refractivity contribution >= 4 is 17.2 Å². The predicted octanol–water partition coefficient (Wildman–Crippen LogP) is 2.00. The van der Waals surface area contributed by atoms with E-state index in [0.717, 1.165) is 13.1 Å². The van der Waals surface area contributed by atoms with Crippen LogP contribution in [0.3, 0.4) is 0 Å². The minimum Gasteiger partial charge on any atom is -0.368 e. The van der Waals surface area contributed by atoms with Crippen LogP contribution in [-0.4, -0.2) is 51.6 Å². The van der Waals surface area contributed by atoms with Crippen molar-refractivity contribution in [2.45, 2.75) is 6.92 Å². The van der Waals surface area contributed by atoms with Crippen LogP contribution >= 0.6 is 0 Å².